The number of sulfone groups is 1. The summed E-state index contributed by atoms with van der Waals surface area (Å²) in [6, 6.07) is 5.44. The van der Waals surface area contributed by atoms with Crippen molar-refractivity contribution in [2.75, 3.05) is 32.1 Å². The number of rotatable bonds is 5. The van der Waals surface area contributed by atoms with Crippen molar-refractivity contribution in [1.82, 2.24) is 10.2 Å². The second-order valence-electron chi connectivity index (χ2n) is 6.26. The van der Waals surface area contributed by atoms with E-state index in [2.05, 4.69) is 5.32 Å². The minimum absolute atomic E-state index is 0.179. The van der Waals surface area contributed by atoms with E-state index in [0.717, 1.165) is 0 Å². The quantitative estimate of drug-likeness (QED) is 0.878. The Balaban J connectivity index is 1.97. The van der Waals surface area contributed by atoms with Gasteiger partial charge < -0.3 is 5.32 Å². The van der Waals surface area contributed by atoms with Gasteiger partial charge in [-0.2, -0.15) is 0 Å². The lowest BCUT2D eigenvalue weighted by molar-refractivity contribution is -0.126. The zero-order valence-electron chi connectivity index (χ0n) is 13.5. The third-order valence-electron chi connectivity index (χ3n) is 4.17. The third-order valence-corrected chi connectivity index (χ3v) is 5.88. The first-order valence-electron chi connectivity index (χ1n) is 7.68. The molecule has 2 rings (SSSR count). The molecule has 0 saturated carbocycles. The largest absolute Gasteiger partial charge is 0.354 e. The molecular formula is C16H23FN2O3S. The molecule has 1 amide bonds. The first-order valence-corrected chi connectivity index (χ1v) is 9.50. The number of carbonyl (C=O) groups excluding carboxylic acids is 1. The number of nitrogens with zero attached hydrogens (tertiary/aromatic N) is 1. The summed E-state index contributed by atoms with van der Waals surface area (Å²) in [7, 11) is 0.638. The van der Waals surface area contributed by atoms with Crippen molar-refractivity contribution in [3.63, 3.8) is 0 Å². The highest BCUT2D eigenvalue weighted by Crippen LogP contribution is 2.21. The van der Waals surface area contributed by atoms with Crippen LogP contribution in [0.25, 0.3) is 0 Å². The Bertz CT molecular complexity index is 647. The average Bonchev–Trinajstić information content (AvgIpc) is 2.46. The van der Waals surface area contributed by atoms with Crippen LogP contribution in [0.4, 0.5) is 4.39 Å². The number of carbonyl (C=O) groups is 1. The van der Waals surface area contributed by atoms with E-state index >= 15 is 0 Å². The number of benzene rings is 1. The van der Waals surface area contributed by atoms with Crippen LogP contribution in [-0.4, -0.2) is 51.4 Å². The van der Waals surface area contributed by atoms with E-state index in [1.165, 1.54) is 12.1 Å². The second kappa shape index (κ2) is 7.40. The number of amides is 1. The predicted octanol–water partition coefficient (Wildman–Crippen LogP) is 1.37. The summed E-state index contributed by atoms with van der Waals surface area (Å²) in [5, 5.41) is 2.88. The van der Waals surface area contributed by atoms with Gasteiger partial charge in [-0.15, -0.1) is 0 Å². The Morgan fingerprint density at radius 1 is 1.35 bits per heavy atom. The summed E-state index contributed by atoms with van der Waals surface area (Å²) in [6.45, 7) is 0.452. The monoisotopic (exact) mass is 342 g/mol. The van der Waals surface area contributed by atoms with E-state index in [0.29, 0.717) is 24.9 Å². The van der Waals surface area contributed by atoms with Crippen LogP contribution >= 0.6 is 0 Å². The lowest BCUT2D eigenvalue weighted by atomic mass is 10.0. The Morgan fingerprint density at radius 3 is 2.57 bits per heavy atom. The Labute approximate surface area is 136 Å². The molecule has 0 bridgehead atoms. The van der Waals surface area contributed by atoms with Crippen LogP contribution in [0.1, 0.15) is 24.4 Å². The van der Waals surface area contributed by atoms with Crippen LogP contribution in [0.5, 0.6) is 0 Å². The van der Waals surface area contributed by atoms with Gasteiger partial charge in [0.1, 0.15) is 21.7 Å². The van der Waals surface area contributed by atoms with Gasteiger partial charge in [0.25, 0.3) is 0 Å². The Morgan fingerprint density at radius 2 is 2.00 bits per heavy atom. The molecule has 0 radical (unpaired) electrons. The van der Waals surface area contributed by atoms with E-state index in [9.17, 15) is 17.6 Å². The Kier molecular flexibility index (Phi) is 5.75. The molecule has 1 heterocycles. The van der Waals surface area contributed by atoms with Crippen molar-refractivity contribution in [1.29, 1.82) is 0 Å². The second-order valence-corrected chi connectivity index (χ2v) is 8.57. The van der Waals surface area contributed by atoms with Gasteiger partial charge in [-0.05, 0) is 50.6 Å². The number of halogens is 1. The summed E-state index contributed by atoms with van der Waals surface area (Å²) < 4.78 is 36.2. The summed E-state index contributed by atoms with van der Waals surface area (Å²) in [5.41, 5.74) is 0.596. The van der Waals surface area contributed by atoms with E-state index in [-0.39, 0.29) is 29.1 Å². The average molecular weight is 342 g/mol. The number of likely N-dealkylation sites (N-methyl/N-ethyl adjacent to an activating group) is 1. The van der Waals surface area contributed by atoms with Gasteiger partial charge in [-0.1, -0.05) is 12.1 Å². The molecule has 0 spiro atoms. The molecule has 1 aliphatic heterocycles. The van der Waals surface area contributed by atoms with Gasteiger partial charge >= 0.3 is 0 Å². The van der Waals surface area contributed by atoms with Crippen LogP contribution in [0.3, 0.4) is 0 Å². The first kappa shape index (κ1) is 17.9. The van der Waals surface area contributed by atoms with Crippen LogP contribution in [-0.2, 0) is 14.6 Å². The molecule has 0 aromatic heterocycles. The lowest BCUT2D eigenvalue weighted by Crippen LogP contribution is -2.40. The zero-order chi connectivity index (χ0) is 17.0. The molecule has 1 aliphatic rings. The van der Waals surface area contributed by atoms with Gasteiger partial charge in [-0.25, -0.2) is 12.8 Å². The highest BCUT2D eigenvalue weighted by Gasteiger charge is 2.27. The van der Waals surface area contributed by atoms with Gasteiger partial charge in [0.15, 0.2) is 0 Å². The minimum atomic E-state index is -2.89. The van der Waals surface area contributed by atoms with Gasteiger partial charge in [0.05, 0.1) is 11.5 Å². The molecule has 5 nitrogen and oxygen atoms in total. The van der Waals surface area contributed by atoms with E-state index in [4.69, 9.17) is 0 Å². The number of hydrogen-bond acceptors (Lipinski definition) is 4. The molecular weight excluding hydrogens is 319 g/mol. The van der Waals surface area contributed by atoms with Gasteiger partial charge in [-0.3, -0.25) is 9.69 Å². The van der Waals surface area contributed by atoms with Crippen molar-refractivity contribution in [2.24, 2.45) is 5.92 Å². The number of hydrogen-bond donors (Lipinski definition) is 1. The topological polar surface area (TPSA) is 66.5 Å². The molecule has 1 N–H and O–H groups in total. The highest BCUT2D eigenvalue weighted by atomic mass is 32.2. The molecule has 128 valence electrons. The van der Waals surface area contributed by atoms with E-state index in [1.807, 2.05) is 0 Å². The standard InChI is InChI=1S/C16H23FN2O3S/c1-19(2)15(13-4-3-5-14(17)10-13)16(20)18-11-12-6-8-23(21,22)9-7-12/h3-5,10,12,15H,6-9,11H2,1-2H3,(H,18,20). The summed E-state index contributed by atoms with van der Waals surface area (Å²) in [5.74, 6) is -0.0187. The highest BCUT2D eigenvalue weighted by molar-refractivity contribution is 7.91. The van der Waals surface area contributed by atoms with Crippen LogP contribution in [0.2, 0.25) is 0 Å². The molecule has 23 heavy (non-hydrogen) atoms. The fourth-order valence-corrected chi connectivity index (χ4v) is 4.43. The van der Waals surface area contributed by atoms with Crippen LogP contribution < -0.4 is 5.32 Å². The smallest absolute Gasteiger partial charge is 0.241 e. The third kappa shape index (κ3) is 5.00. The van der Waals surface area contributed by atoms with Crippen LogP contribution in [0, 0.1) is 11.7 Å². The lowest BCUT2D eigenvalue weighted by Gasteiger charge is -2.26. The molecule has 7 heteroatoms. The molecule has 0 aliphatic carbocycles. The van der Waals surface area contributed by atoms with Crippen molar-refractivity contribution in [3.8, 4) is 0 Å². The van der Waals surface area contributed by atoms with Gasteiger partial charge in [0, 0.05) is 6.54 Å². The maximum absolute atomic E-state index is 13.4. The van der Waals surface area contributed by atoms with Crippen LogP contribution in [0.15, 0.2) is 24.3 Å². The van der Waals surface area contributed by atoms with Gasteiger partial charge in [0.2, 0.25) is 5.91 Å². The molecule has 1 unspecified atom stereocenters. The molecule has 1 saturated heterocycles. The molecule has 1 aromatic rings. The minimum Gasteiger partial charge on any atom is -0.354 e. The normalized spacial score (nSPS) is 19.5. The van der Waals surface area contributed by atoms with Crippen molar-refractivity contribution in [2.45, 2.75) is 18.9 Å². The molecule has 1 aromatic carbocycles. The Hall–Kier alpha value is -1.47. The maximum atomic E-state index is 13.4. The first-order chi connectivity index (χ1) is 10.8. The van der Waals surface area contributed by atoms with Crippen molar-refractivity contribution >= 4 is 15.7 Å². The predicted molar refractivity (Wildman–Crippen MR) is 87.2 cm³/mol. The van der Waals surface area contributed by atoms with Crippen molar-refractivity contribution < 1.29 is 17.6 Å². The maximum Gasteiger partial charge on any atom is 0.241 e. The molecule has 1 atom stereocenters. The summed E-state index contributed by atoms with van der Waals surface area (Å²) in [6.07, 6.45) is 1.16. The zero-order valence-corrected chi connectivity index (χ0v) is 14.3. The number of nitrogens with one attached hydrogen (secondary N) is 1. The SMILES string of the molecule is CN(C)C(C(=O)NCC1CCS(=O)(=O)CC1)c1cccc(F)c1. The summed E-state index contributed by atoms with van der Waals surface area (Å²) >= 11 is 0. The van der Waals surface area contributed by atoms with E-state index < -0.39 is 15.9 Å². The van der Waals surface area contributed by atoms with Crippen molar-refractivity contribution in [3.05, 3.63) is 35.6 Å². The summed E-state index contributed by atoms with van der Waals surface area (Å²) in [4.78, 5) is 14.2. The fourth-order valence-electron chi connectivity index (χ4n) is 2.85. The molecule has 1 fully saturated rings. The van der Waals surface area contributed by atoms with E-state index in [1.54, 1.807) is 31.1 Å². The fraction of sp³-hybridized carbons (Fsp3) is 0.562.